The number of rotatable bonds is 3. The van der Waals surface area contributed by atoms with Crippen LogP contribution < -0.4 is 5.32 Å². The van der Waals surface area contributed by atoms with E-state index in [1.165, 1.54) is 19.3 Å². The number of nitrogens with one attached hydrogen (secondary N) is 1. The highest BCUT2D eigenvalue weighted by atomic mass is 19.3. The zero-order valence-electron chi connectivity index (χ0n) is 9.29. The molecule has 1 rings (SSSR count). The smallest absolute Gasteiger partial charge is 0.271 e. The molecule has 0 aromatic carbocycles. The van der Waals surface area contributed by atoms with E-state index in [2.05, 4.69) is 15.3 Å². The normalized spacial score (nSPS) is 13.3. The first-order valence-electron chi connectivity index (χ1n) is 4.78. The molecule has 16 heavy (non-hydrogen) atoms. The molecule has 0 aliphatic heterocycles. The highest BCUT2D eigenvalue weighted by Gasteiger charge is 2.31. The second-order valence-electron chi connectivity index (χ2n) is 3.69. The van der Waals surface area contributed by atoms with Crippen LogP contribution in [0.2, 0.25) is 0 Å². The average molecular weight is 229 g/mol. The molecule has 1 unspecified atom stereocenters. The Morgan fingerprint density at radius 2 is 2.06 bits per heavy atom. The van der Waals surface area contributed by atoms with Crippen molar-refractivity contribution >= 4 is 5.91 Å². The summed E-state index contributed by atoms with van der Waals surface area (Å²) in [5.41, 5.74) is 0.687. The van der Waals surface area contributed by atoms with Gasteiger partial charge in [-0.15, -0.1) is 0 Å². The number of hydrogen-bond acceptors (Lipinski definition) is 3. The molecule has 6 heteroatoms. The van der Waals surface area contributed by atoms with Crippen LogP contribution in [0.15, 0.2) is 12.4 Å². The maximum Gasteiger partial charge on any atom is 0.271 e. The van der Waals surface area contributed by atoms with Crippen LogP contribution in [0.5, 0.6) is 0 Å². The van der Waals surface area contributed by atoms with Crippen LogP contribution in [0.3, 0.4) is 0 Å². The highest BCUT2D eigenvalue weighted by molar-refractivity contribution is 5.92. The molecule has 1 amide bonds. The third kappa shape index (κ3) is 3.22. The van der Waals surface area contributed by atoms with E-state index in [4.69, 9.17) is 0 Å². The molecule has 0 bridgehead atoms. The average Bonchev–Trinajstić information content (AvgIpc) is 2.17. The van der Waals surface area contributed by atoms with Crippen LogP contribution in [-0.2, 0) is 0 Å². The van der Waals surface area contributed by atoms with Crippen LogP contribution in [0.1, 0.15) is 30.0 Å². The molecule has 0 spiro atoms. The number of aryl methyl sites for hydroxylation is 1. The molecule has 0 fully saturated rings. The van der Waals surface area contributed by atoms with E-state index >= 15 is 0 Å². The van der Waals surface area contributed by atoms with Gasteiger partial charge in [-0.2, -0.15) is 0 Å². The fourth-order valence-corrected chi connectivity index (χ4v) is 0.907. The van der Waals surface area contributed by atoms with Crippen molar-refractivity contribution in [2.45, 2.75) is 32.7 Å². The number of alkyl halides is 2. The fourth-order valence-electron chi connectivity index (χ4n) is 0.907. The summed E-state index contributed by atoms with van der Waals surface area (Å²) in [5.74, 6) is -3.62. The van der Waals surface area contributed by atoms with Gasteiger partial charge >= 0.3 is 0 Å². The Balaban J connectivity index is 2.70. The molecular formula is C10H13F2N3O. The molecule has 0 aliphatic rings. The minimum Gasteiger partial charge on any atom is -0.342 e. The number of nitrogens with zero attached hydrogens (tertiary/aromatic N) is 2. The molecule has 88 valence electrons. The van der Waals surface area contributed by atoms with Crippen LogP contribution >= 0.6 is 0 Å². The van der Waals surface area contributed by atoms with Crippen molar-refractivity contribution in [3.63, 3.8) is 0 Å². The molecule has 1 aromatic heterocycles. The Kier molecular flexibility index (Phi) is 3.51. The first kappa shape index (κ1) is 12.5. The van der Waals surface area contributed by atoms with Gasteiger partial charge in [0.25, 0.3) is 11.8 Å². The minimum absolute atomic E-state index is 0.0294. The van der Waals surface area contributed by atoms with Gasteiger partial charge in [0.1, 0.15) is 5.69 Å². The van der Waals surface area contributed by atoms with Crippen molar-refractivity contribution in [2.75, 3.05) is 0 Å². The number of hydrogen-bond donors (Lipinski definition) is 1. The van der Waals surface area contributed by atoms with Crippen LogP contribution in [-0.4, -0.2) is 27.8 Å². The van der Waals surface area contributed by atoms with Crippen molar-refractivity contribution < 1.29 is 13.6 Å². The van der Waals surface area contributed by atoms with Crippen molar-refractivity contribution in [3.8, 4) is 0 Å². The van der Waals surface area contributed by atoms with Gasteiger partial charge in [0.15, 0.2) is 0 Å². The molecule has 0 saturated carbocycles. The maximum atomic E-state index is 12.8. The number of carbonyl (C=O) groups excluding carboxylic acids is 1. The monoisotopic (exact) mass is 229 g/mol. The standard InChI is InChI=1S/C10H13F2N3O/c1-6-4-14-8(5-13-6)9(16)15-7(2)10(3,11)12/h4-5,7H,1-3H3,(H,15,16). The van der Waals surface area contributed by atoms with E-state index in [9.17, 15) is 13.6 Å². The molecule has 1 aromatic rings. The Morgan fingerprint density at radius 3 is 2.50 bits per heavy atom. The summed E-state index contributed by atoms with van der Waals surface area (Å²) in [4.78, 5) is 19.1. The second-order valence-corrected chi connectivity index (χ2v) is 3.69. The third-order valence-electron chi connectivity index (χ3n) is 2.12. The highest BCUT2D eigenvalue weighted by Crippen LogP contribution is 2.16. The molecule has 1 N–H and O–H groups in total. The van der Waals surface area contributed by atoms with Gasteiger partial charge in [0.05, 0.1) is 17.9 Å². The van der Waals surface area contributed by atoms with Gasteiger partial charge in [-0.3, -0.25) is 9.78 Å². The summed E-state index contributed by atoms with van der Waals surface area (Å²) in [6.07, 6.45) is 2.66. The van der Waals surface area contributed by atoms with E-state index < -0.39 is 17.9 Å². The third-order valence-corrected chi connectivity index (χ3v) is 2.12. The molecule has 0 aliphatic carbocycles. The summed E-state index contributed by atoms with van der Waals surface area (Å²) in [6, 6.07) is -1.25. The largest absolute Gasteiger partial charge is 0.342 e. The summed E-state index contributed by atoms with van der Waals surface area (Å²) < 4.78 is 25.6. The van der Waals surface area contributed by atoms with Crippen molar-refractivity contribution in [3.05, 3.63) is 23.8 Å². The van der Waals surface area contributed by atoms with Crippen LogP contribution in [0.25, 0.3) is 0 Å². The van der Waals surface area contributed by atoms with Crippen molar-refractivity contribution in [2.24, 2.45) is 0 Å². The predicted molar refractivity (Wildman–Crippen MR) is 54.3 cm³/mol. The van der Waals surface area contributed by atoms with E-state index in [-0.39, 0.29) is 5.69 Å². The summed E-state index contributed by atoms with van der Waals surface area (Å²) >= 11 is 0. The summed E-state index contributed by atoms with van der Waals surface area (Å²) in [5, 5.41) is 2.16. The Bertz CT molecular complexity index is 373. The van der Waals surface area contributed by atoms with Crippen molar-refractivity contribution in [1.29, 1.82) is 0 Å². The molecule has 1 heterocycles. The van der Waals surface area contributed by atoms with Crippen molar-refractivity contribution in [1.82, 2.24) is 15.3 Å². The van der Waals surface area contributed by atoms with Gasteiger partial charge in [0.2, 0.25) is 0 Å². The lowest BCUT2D eigenvalue weighted by molar-refractivity contribution is -0.0109. The van der Waals surface area contributed by atoms with Crippen LogP contribution in [0.4, 0.5) is 8.78 Å². The SMILES string of the molecule is Cc1cnc(C(=O)NC(C)C(C)(F)F)cn1. The zero-order chi connectivity index (χ0) is 12.3. The molecule has 0 radical (unpaired) electrons. The zero-order valence-corrected chi connectivity index (χ0v) is 9.29. The lowest BCUT2D eigenvalue weighted by Gasteiger charge is -2.20. The Hall–Kier alpha value is -1.59. The molecule has 0 saturated heterocycles. The number of carbonyl (C=O) groups is 1. The molecular weight excluding hydrogens is 216 g/mol. The lowest BCUT2D eigenvalue weighted by atomic mass is 10.2. The fraction of sp³-hybridized carbons (Fsp3) is 0.500. The topological polar surface area (TPSA) is 54.9 Å². The first-order valence-corrected chi connectivity index (χ1v) is 4.78. The molecule has 4 nitrogen and oxygen atoms in total. The van der Waals surface area contributed by atoms with Gasteiger partial charge in [0, 0.05) is 13.1 Å². The Morgan fingerprint density at radius 1 is 1.44 bits per heavy atom. The van der Waals surface area contributed by atoms with E-state index in [0.717, 1.165) is 6.92 Å². The van der Waals surface area contributed by atoms with E-state index in [0.29, 0.717) is 5.69 Å². The van der Waals surface area contributed by atoms with Gasteiger partial charge in [-0.05, 0) is 13.8 Å². The van der Waals surface area contributed by atoms with Gasteiger partial charge < -0.3 is 5.32 Å². The number of halogens is 2. The summed E-state index contributed by atoms with van der Waals surface area (Å²) in [6.45, 7) is 3.70. The minimum atomic E-state index is -2.96. The van der Waals surface area contributed by atoms with E-state index in [1.807, 2.05) is 0 Å². The van der Waals surface area contributed by atoms with Crippen LogP contribution in [0, 0.1) is 6.92 Å². The maximum absolute atomic E-state index is 12.8. The number of amides is 1. The second kappa shape index (κ2) is 4.51. The number of aromatic nitrogens is 2. The Labute approximate surface area is 92.1 Å². The summed E-state index contributed by atoms with van der Waals surface area (Å²) in [7, 11) is 0. The quantitative estimate of drug-likeness (QED) is 0.855. The van der Waals surface area contributed by atoms with Gasteiger partial charge in [-0.25, -0.2) is 13.8 Å². The lowest BCUT2D eigenvalue weighted by Crippen LogP contribution is -2.44. The first-order chi connectivity index (χ1) is 7.30. The van der Waals surface area contributed by atoms with E-state index in [1.54, 1.807) is 6.92 Å². The molecule has 1 atom stereocenters. The van der Waals surface area contributed by atoms with Gasteiger partial charge in [-0.1, -0.05) is 0 Å². The predicted octanol–water partition coefficient (Wildman–Crippen LogP) is 1.56.